The van der Waals surface area contributed by atoms with Crippen LogP contribution in [0, 0.1) is 6.92 Å². The molecule has 0 unspecified atom stereocenters. The highest BCUT2D eigenvalue weighted by Crippen LogP contribution is 2.21. The predicted octanol–water partition coefficient (Wildman–Crippen LogP) is 3.34. The lowest BCUT2D eigenvalue weighted by molar-refractivity contribution is 0.320. The first-order valence-corrected chi connectivity index (χ1v) is 8.48. The zero-order valence-electron chi connectivity index (χ0n) is 12.8. The van der Waals surface area contributed by atoms with Gasteiger partial charge in [0.1, 0.15) is 0 Å². The fourth-order valence-electron chi connectivity index (χ4n) is 2.50. The molecule has 1 fully saturated rings. The highest BCUT2D eigenvalue weighted by atomic mass is 32.1. The molecule has 0 radical (unpaired) electrons. The maximum Gasteiger partial charge on any atom is 0.0798 e. The van der Waals surface area contributed by atoms with E-state index in [1.165, 1.54) is 28.8 Å². The van der Waals surface area contributed by atoms with Crippen LogP contribution in [0.5, 0.6) is 0 Å². The fourth-order valence-corrected chi connectivity index (χ4v) is 3.35. The molecule has 1 aliphatic carbocycles. The van der Waals surface area contributed by atoms with Gasteiger partial charge in [0.05, 0.1) is 11.2 Å². The molecule has 1 saturated carbocycles. The van der Waals surface area contributed by atoms with Gasteiger partial charge in [0.2, 0.25) is 0 Å². The van der Waals surface area contributed by atoms with Gasteiger partial charge in [0.25, 0.3) is 0 Å². The Morgan fingerprint density at radius 1 is 1.24 bits per heavy atom. The maximum atomic E-state index is 4.33. The molecule has 0 saturated heterocycles. The molecule has 1 aliphatic rings. The summed E-state index contributed by atoms with van der Waals surface area (Å²) in [5.41, 5.74) is 5.95. The zero-order chi connectivity index (χ0) is 14.7. The van der Waals surface area contributed by atoms with Crippen LogP contribution in [0.2, 0.25) is 0 Å². The number of hydrogen-bond donors (Lipinski definition) is 1. The SMILES string of the molecule is Cc1ncsc1CN(C)Cc1ccccc1CNC1CC1. The Hall–Kier alpha value is -1.23. The Balaban J connectivity index is 1.61. The van der Waals surface area contributed by atoms with Gasteiger partial charge in [-0.05, 0) is 37.9 Å². The normalized spacial score (nSPS) is 14.8. The zero-order valence-corrected chi connectivity index (χ0v) is 13.6. The smallest absolute Gasteiger partial charge is 0.0798 e. The molecular weight excluding hydrogens is 278 g/mol. The van der Waals surface area contributed by atoms with Crippen LogP contribution in [0.1, 0.15) is 34.5 Å². The monoisotopic (exact) mass is 301 g/mol. The largest absolute Gasteiger partial charge is 0.310 e. The third-order valence-corrected chi connectivity index (χ3v) is 4.90. The van der Waals surface area contributed by atoms with Gasteiger partial charge < -0.3 is 5.32 Å². The van der Waals surface area contributed by atoms with Crippen LogP contribution in [-0.2, 0) is 19.6 Å². The van der Waals surface area contributed by atoms with Crippen LogP contribution in [0.3, 0.4) is 0 Å². The van der Waals surface area contributed by atoms with Crippen LogP contribution >= 0.6 is 11.3 Å². The fraction of sp³-hybridized carbons (Fsp3) is 0.471. The van der Waals surface area contributed by atoms with Gasteiger partial charge in [-0.15, -0.1) is 11.3 Å². The standard InChI is InChI=1S/C17H23N3S/c1-13-17(21-12-19-13)11-20(2)10-15-6-4-3-5-14(15)9-18-16-7-8-16/h3-6,12,16,18H,7-11H2,1-2H3. The summed E-state index contributed by atoms with van der Waals surface area (Å²) in [7, 11) is 2.18. The van der Waals surface area contributed by atoms with E-state index in [-0.39, 0.29) is 0 Å². The second-order valence-corrected chi connectivity index (χ2v) is 6.90. The molecule has 3 nitrogen and oxygen atoms in total. The lowest BCUT2D eigenvalue weighted by atomic mass is 10.1. The van der Waals surface area contributed by atoms with Crippen LogP contribution in [0.15, 0.2) is 29.8 Å². The van der Waals surface area contributed by atoms with Crippen molar-refractivity contribution in [2.24, 2.45) is 0 Å². The van der Waals surface area contributed by atoms with Crippen LogP contribution in [0.4, 0.5) is 0 Å². The lowest BCUT2D eigenvalue weighted by Crippen LogP contribution is -2.21. The van der Waals surface area contributed by atoms with Gasteiger partial charge in [-0.2, -0.15) is 0 Å². The summed E-state index contributed by atoms with van der Waals surface area (Å²) in [5, 5.41) is 3.61. The summed E-state index contributed by atoms with van der Waals surface area (Å²) in [6, 6.07) is 9.54. The Morgan fingerprint density at radius 3 is 2.67 bits per heavy atom. The first-order valence-electron chi connectivity index (χ1n) is 7.60. The van der Waals surface area contributed by atoms with E-state index < -0.39 is 0 Å². The van der Waals surface area contributed by atoms with Gasteiger partial charge in [0, 0.05) is 30.6 Å². The molecule has 0 spiro atoms. The lowest BCUT2D eigenvalue weighted by Gasteiger charge is -2.18. The van der Waals surface area contributed by atoms with E-state index in [1.807, 2.05) is 5.51 Å². The van der Waals surface area contributed by atoms with Gasteiger partial charge in [0.15, 0.2) is 0 Å². The molecule has 0 aliphatic heterocycles. The number of benzene rings is 1. The van der Waals surface area contributed by atoms with Crippen molar-refractivity contribution in [2.75, 3.05) is 7.05 Å². The molecule has 1 aromatic carbocycles. The number of nitrogens with one attached hydrogen (secondary N) is 1. The third kappa shape index (κ3) is 4.13. The summed E-state index contributed by atoms with van der Waals surface area (Å²) in [6.45, 7) is 5.04. The van der Waals surface area contributed by atoms with Crippen molar-refractivity contribution in [3.8, 4) is 0 Å². The second-order valence-electron chi connectivity index (χ2n) is 5.96. The quantitative estimate of drug-likeness (QED) is 0.850. The Bertz CT molecular complexity index is 589. The van der Waals surface area contributed by atoms with E-state index in [4.69, 9.17) is 0 Å². The minimum absolute atomic E-state index is 0.760. The van der Waals surface area contributed by atoms with E-state index in [0.29, 0.717) is 0 Å². The molecule has 0 bridgehead atoms. The second kappa shape index (κ2) is 6.69. The topological polar surface area (TPSA) is 28.2 Å². The van der Waals surface area contributed by atoms with Crippen molar-refractivity contribution >= 4 is 11.3 Å². The summed E-state index contributed by atoms with van der Waals surface area (Å²) in [5.74, 6) is 0. The minimum Gasteiger partial charge on any atom is -0.310 e. The molecular formula is C17H23N3S. The molecule has 1 N–H and O–H groups in total. The summed E-state index contributed by atoms with van der Waals surface area (Å²) < 4.78 is 0. The van der Waals surface area contributed by atoms with Crippen molar-refractivity contribution in [3.05, 3.63) is 51.5 Å². The molecule has 1 aromatic heterocycles. The van der Waals surface area contributed by atoms with E-state index in [9.17, 15) is 0 Å². The number of rotatable bonds is 7. The predicted molar refractivity (Wildman–Crippen MR) is 88.3 cm³/mol. The van der Waals surface area contributed by atoms with Crippen molar-refractivity contribution in [1.82, 2.24) is 15.2 Å². The molecule has 1 heterocycles. The highest BCUT2D eigenvalue weighted by molar-refractivity contribution is 7.09. The van der Waals surface area contributed by atoms with E-state index in [1.54, 1.807) is 11.3 Å². The summed E-state index contributed by atoms with van der Waals surface area (Å²) in [6.07, 6.45) is 2.68. The van der Waals surface area contributed by atoms with E-state index >= 15 is 0 Å². The van der Waals surface area contributed by atoms with Gasteiger partial charge in [-0.3, -0.25) is 4.90 Å². The van der Waals surface area contributed by atoms with Crippen molar-refractivity contribution in [1.29, 1.82) is 0 Å². The summed E-state index contributed by atoms with van der Waals surface area (Å²) >= 11 is 1.75. The van der Waals surface area contributed by atoms with E-state index in [2.05, 4.69) is 53.4 Å². The molecule has 2 aromatic rings. The molecule has 21 heavy (non-hydrogen) atoms. The first kappa shape index (κ1) is 14.7. The van der Waals surface area contributed by atoms with Gasteiger partial charge in [-0.1, -0.05) is 24.3 Å². The van der Waals surface area contributed by atoms with Gasteiger partial charge in [-0.25, -0.2) is 4.98 Å². The number of aryl methyl sites for hydroxylation is 1. The average Bonchev–Trinajstić information content (AvgIpc) is 3.22. The molecule has 112 valence electrons. The van der Waals surface area contributed by atoms with Crippen LogP contribution < -0.4 is 5.32 Å². The van der Waals surface area contributed by atoms with E-state index in [0.717, 1.165) is 31.4 Å². The molecule has 0 amide bonds. The van der Waals surface area contributed by atoms with Gasteiger partial charge >= 0.3 is 0 Å². The van der Waals surface area contributed by atoms with Crippen LogP contribution in [-0.4, -0.2) is 23.0 Å². The molecule has 3 rings (SSSR count). The van der Waals surface area contributed by atoms with Crippen LogP contribution in [0.25, 0.3) is 0 Å². The highest BCUT2D eigenvalue weighted by Gasteiger charge is 2.20. The summed E-state index contributed by atoms with van der Waals surface area (Å²) in [4.78, 5) is 8.07. The molecule has 4 heteroatoms. The maximum absolute atomic E-state index is 4.33. The first-order chi connectivity index (χ1) is 10.2. The molecule has 0 atom stereocenters. The number of nitrogens with zero attached hydrogens (tertiary/aromatic N) is 2. The Labute approximate surface area is 131 Å². The minimum atomic E-state index is 0.760. The van der Waals surface area contributed by atoms with Crippen molar-refractivity contribution in [3.63, 3.8) is 0 Å². The Kier molecular flexibility index (Phi) is 4.68. The third-order valence-electron chi connectivity index (χ3n) is 3.98. The number of hydrogen-bond acceptors (Lipinski definition) is 4. The van der Waals surface area contributed by atoms with Crippen molar-refractivity contribution < 1.29 is 0 Å². The number of aromatic nitrogens is 1. The average molecular weight is 301 g/mol. The number of thiazole rings is 1. The van der Waals surface area contributed by atoms with Crippen molar-refractivity contribution in [2.45, 2.75) is 45.4 Å². The Morgan fingerprint density at radius 2 is 2.00 bits per heavy atom.